The molecule has 5 heteroatoms. The predicted molar refractivity (Wildman–Crippen MR) is 102 cm³/mol. The second kappa shape index (κ2) is 9.15. The molecule has 25 heavy (non-hydrogen) atoms. The number of aliphatic hydroxyl groups excluding tert-OH is 1. The smallest absolute Gasteiger partial charge is 0.0650 e. The third-order valence-electron chi connectivity index (χ3n) is 6.00. The summed E-state index contributed by atoms with van der Waals surface area (Å²) in [4.78, 5) is 5.19. The molecule has 1 aromatic heterocycles. The lowest BCUT2D eigenvalue weighted by atomic mass is 9.88. The lowest BCUT2D eigenvalue weighted by molar-refractivity contribution is 0.0395. The van der Waals surface area contributed by atoms with E-state index in [9.17, 15) is 5.11 Å². The fourth-order valence-corrected chi connectivity index (χ4v) is 4.46. The Labute approximate surface area is 152 Å². The van der Waals surface area contributed by atoms with Crippen molar-refractivity contribution >= 4 is 0 Å². The number of aliphatic hydroxyl groups is 1. The van der Waals surface area contributed by atoms with E-state index in [2.05, 4.69) is 39.9 Å². The zero-order chi connectivity index (χ0) is 17.6. The second-order valence-electron chi connectivity index (χ2n) is 8.37. The summed E-state index contributed by atoms with van der Waals surface area (Å²) < 4.78 is 0. The molecule has 1 aliphatic heterocycles. The number of aromatic amines is 1. The monoisotopic (exact) mass is 348 g/mol. The molecule has 142 valence electrons. The Morgan fingerprint density at radius 2 is 2.04 bits per heavy atom. The average molecular weight is 349 g/mol. The van der Waals surface area contributed by atoms with Crippen LogP contribution in [0.2, 0.25) is 0 Å². The number of piperazine rings is 1. The van der Waals surface area contributed by atoms with Crippen LogP contribution in [0.25, 0.3) is 0 Å². The van der Waals surface area contributed by atoms with Crippen LogP contribution in [0.5, 0.6) is 0 Å². The summed E-state index contributed by atoms with van der Waals surface area (Å²) >= 11 is 0. The summed E-state index contributed by atoms with van der Waals surface area (Å²) in [6.07, 6.45) is 7.94. The Bertz CT molecular complexity index is 510. The van der Waals surface area contributed by atoms with Crippen molar-refractivity contribution in [2.45, 2.75) is 70.9 Å². The van der Waals surface area contributed by atoms with Gasteiger partial charge in [-0.15, -0.1) is 0 Å². The van der Waals surface area contributed by atoms with Gasteiger partial charge < -0.3 is 5.11 Å². The van der Waals surface area contributed by atoms with E-state index in [1.54, 1.807) is 0 Å². The number of nitrogens with one attached hydrogen (secondary N) is 1. The van der Waals surface area contributed by atoms with E-state index in [0.717, 1.165) is 44.2 Å². The highest BCUT2D eigenvalue weighted by molar-refractivity contribution is 5.12. The largest absolute Gasteiger partial charge is 0.396 e. The summed E-state index contributed by atoms with van der Waals surface area (Å²) in [7, 11) is 0. The van der Waals surface area contributed by atoms with Crippen LogP contribution in [0.15, 0.2) is 6.07 Å². The van der Waals surface area contributed by atoms with Gasteiger partial charge in [-0.1, -0.05) is 33.1 Å². The topological polar surface area (TPSA) is 55.4 Å². The van der Waals surface area contributed by atoms with Gasteiger partial charge >= 0.3 is 0 Å². The molecule has 2 fully saturated rings. The molecule has 2 aliphatic rings. The maximum Gasteiger partial charge on any atom is 0.0650 e. The van der Waals surface area contributed by atoms with E-state index < -0.39 is 0 Å². The molecule has 0 unspecified atom stereocenters. The molecular formula is C20H36N4O. The van der Waals surface area contributed by atoms with Gasteiger partial charge in [0.25, 0.3) is 0 Å². The number of nitrogens with zero attached hydrogens (tertiary/aromatic N) is 3. The van der Waals surface area contributed by atoms with Crippen LogP contribution in [0, 0.1) is 5.92 Å². The van der Waals surface area contributed by atoms with E-state index >= 15 is 0 Å². The van der Waals surface area contributed by atoms with E-state index in [1.807, 2.05) is 0 Å². The number of hydrogen-bond acceptors (Lipinski definition) is 4. The molecule has 1 saturated carbocycles. The molecule has 5 nitrogen and oxygen atoms in total. The van der Waals surface area contributed by atoms with E-state index in [0.29, 0.717) is 18.6 Å². The summed E-state index contributed by atoms with van der Waals surface area (Å²) in [5.74, 6) is 1.35. The lowest BCUT2D eigenvalue weighted by Crippen LogP contribution is -2.54. The van der Waals surface area contributed by atoms with Gasteiger partial charge in [-0.25, -0.2) is 0 Å². The van der Waals surface area contributed by atoms with Crippen LogP contribution in [-0.4, -0.2) is 63.9 Å². The first kappa shape index (κ1) is 18.9. The molecule has 0 spiro atoms. The highest BCUT2D eigenvalue weighted by atomic mass is 16.3. The Hall–Kier alpha value is -0.910. The molecule has 2 heterocycles. The molecule has 1 aromatic rings. The summed E-state index contributed by atoms with van der Waals surface area (Å²) in [6.45, 7) is 10.1. The van der Waals surface area contributed by atoms with Crippen LogP contribution in [0.1, 0.15) is 69.7 Å². The minimum Gasteiger partial charge on any atom is -0.396 e. The van der Waals surface area contributed by atoms with Gasteiger partial charge in [-0.05, 0) is 37.2 Å². The highest BCUT2D eigenvalue weighted by Crippen LogP contribution is 2.26. The first-order chi connectivity index (χ1) is 12.2. The molecule has 1 aliphatic carbocycles. The fraction of sp³-hybridized carbons (Fsp3) is 0.850. The van der Waals surface area contributed by atoms with Crippen LogP contribution in [-0.2, 0) is 6.54 Å². The van der Waals surface area contributed by atoms with Crippen molar-refractivity contribution < 1.29 is 5.11 Å². The molecule has 3 rings (SSSR count). The van der Waals surface area contributed by atoms with Gasteiger partial charge in [0.15, 0.2) is 0 Å². The third-order valence-corrected chi connectivity index (χ3v) is 6.00. The van der Waals surface area contributed by atoms with E-state index in [-0.39, 0.29) is 0 Å². The Kier molecular flexibility index (Phi) is 6.91. The summed E-state index contributed by atoms with van der Waals surface area (Å²) in [6, 6.07) is 2.70. The summed E-state index contributed by atoms with van der Waals surface area (Å²) in [5, 5.41) is 17.2. The SMILES string of the molecule is CC(C)c1cc(CN2CCN(CC3CCCCC3)[C@@H](CCO)C2)[nH]n1. The molecule has 0 aromatic carbocycles. The molecule has 2 N–H and O–H groups in total. The Morgan fingerprint density at radius 3 is 2.72 bits per heavy atom. The predicted octanol–water partition coefficient (Wildman–Crippen LogP) is 2.98. The van der Waals surface area contributed by atoms with Gasteiger partial charge in [-0.2, -0.15) is 5.10 Å². The normalized spacial score (nSPS) is 24.2. The van der Waals surface area contributed by atoms with Crippen molar-refractivity contribution in [2.24, 2.45) is 5.92 Å². The highest BCUT2D eigenvalue weighted by Gasteiger charge is 2.29. The second-order valence-corrected chi connectivity index (χ2v) is 8.37. The van der Waals surface area contributed by atoms with Crippen LogP contribution in [0.4, 0.5) is 0 Å². The van der Waals surface area contributed by atoms with Gasteiger partial charge in [-0.3, -0.25) is 14.9 Å². The van der Waals surface area contributed by atoms with E-state index in [4.69, 9.17) is 0 Å². The Morgan fingerprint density at radius 1 is 1.24 bits per heavy atom. The maximum atomic E-state index is 9.52. The van der Waals surface area contributed by atoms with Crippen LogP contribution in [0.3, 0.4) is 0 Å². The van der Waals surface area contributed by atoms with Crippen molar-refractivity contribution in [2.75, 3.05) is 32.8 Å². The number of rotatable bonds is 7. The van der Waals surface area contributed by atoms with Crippen LogP contribution >= 0.6 is 0 Å². The third kappa shape index (κ3) is 5.28. The van der Waals surface area contributed by atoms with Crippen molar-refractivity contribution in [1.82, 2.24) is 20.0 Å². The standard InChI is InChI=1S/C20H36N4O/c1-16(2)20-12-18(21-22-20)14-23-9-10-24(19(15-23)8-11-25)13-17-6-4-3-5-7-17/h12,16-17,19,25H,3-11,13-15H2,1-2H3,(H,21,22)/t19-/m0/s1. The van der Waals surface area contributed by atoms with Gasteiger partial charge in [0.05, 0.1) is 5.69 Å². The molecule has 0 bridgehead atoms. The number of H-pyrrole nitrogens is 1. The molecule has 0 radical (unpaired) electrons. The number of aromatic nitrogens is 2. The molecular weight excluding hydrogens is 312 g/mol. The van der Waals surface area contributed by atoms with Crippen molar-refractivity contribution in [3.05, 3.63) is 17.5 Å². The van der Waals surface area contributed by atoms with E-state index in [1.165, 1.54) is 44.3 Å². The first-order valence-corrected chi connectivity index (χ1v) is 10.3. The lowest BCUT2D eigenvalue weighted by Gasteiger charge is -2.43. The quantitative estimate of drug-likeness (QED) is 0.795. The minimum absolute atomic E-state index is 0.293. The zero-order valence-corrected chi connectivity index (χ0v) is 16.1. The van der Waals surface area contributed by atoms with Gasteiger partial charge in [0.2, 0.25) is 0 Å². The first-order valence-electron chi connectivity index (χ1n) is 10.3. The minimum atomic E-state index is 0.293. The molecule has 1 atom stereocenters. The average Bonchev–Trinajstić information content (AvgIpc) is 3.07. The summed E-state index contributed by atoms with van der Waals surface area (Å²) in [5.41, 5.74) is 2.37. The number of hydrogen-bond donors (Lipinski definition) is 2. The van der Waals surface area contributed by atoms with Gasteiger partial charge in [0, 0.05) is 51.1 Å². The van der Waals surface area contributed by atoms with Crippen LogP contribution < -0.4 is 0 Å². The van der Waals surface area contributed by atoms with Gasteiger partial charge in [0.1, 0.15) is 0 Å². The zero-order valence-electron chi connectivity index (χ0n) is 16.1. The molecule has 0 amide bonds. The molecule has 1 saturated heterocycles. The fourth-order valence-electron chi connectivity index (χ4n) is 4.46. The Balaban J connectivity index is 1.54. The van der Waals surface area contributed by atoms with Crippen molar-refractivity contribution in [1.29, 1.82) is 0 Å². The van der Waals surface area contributed by atoms with Crippen molar-refractivity contribution in [3.8, 4) is 0 Å². The maximum absolute atomic E-state index is 9.52. The van der Waals surface area contributed by atoms with Crippen molar-refractivity contribution in [3.63, 3.8) is 0 Å².